The predicted molar refractivity (Wildman–Crippen MR) is 78.6 cm³/mol. The molecule has 104 valence electrons. The van der Waals surface area contributed by atoms with E-state index >= 15 is 0 Å². The van der Waals surface area contributed by atoms with E-state index < -0.39 is 0 Å². The van der Waals surface area contributed by atoms with E-state index in [1.807, 2.05) is 16.7 Å². The van der Waals surface area contributed by atoms with Crippen LogP contribution in [0, 0.1) is 0 Å². The molecule has 0 bridgehead atoms. The van der Waals surface area contributed by atoms with Crippen molar-refractivity contribution >= 4 is 23.5 Å². The lowest BCUT2D eigenvalue weighted by Gasteiger charge is -2.22. The average Bonchev–Trinajstić information content (AvgIpc) is 2.59. The summed E-state index contributed by atoms with van der Waals surface area (Å²) in [6.45, 7) is 6.02. The Balaban J connectivity index is 2.10. The van der Waals surface area contributed by atoms with Gasteiger partial charge in [-0.15, -0.1) is 0 Å². The zero-order valence-electron chi connectivity index (χ0n) is 11.6. The Bertz CT molecular complexity index is 464. The van der Waals surface area contributed by atoms with Crippen LogP contribution in [0.3, 0.4) is 0 Å². The third-order valence-electron chi connectivity index (χ3n) is 3.23. The van der Waals surface area contributed by atoms with E-state index in [2.05, 4.69) is 29.1 Å². The van der Waals surface area contributed by atoms with Crippen molar-refractivity contribution in [3.63, 3.8) is 0 Å². The van der Waals surface area contributed by atoms with Gasteiger partial charge in [-0.2, -0.15) is 11.8 Å². The number of hydrogen-bond donors (Lipinski definition) is 1. The normalized spacial score (nSPS) is 18.8. The smallest absolute Gasteiger partial charge is 0.274 e. The number of carbonyl (C=O) groups excluding carboxylic acids is 1. The number of carbonyl (C=O) groups is 1. The van der Waals surface area contributed by atoms with Crippen LogP contribution in [-0.2, 0) is 0 Å². The summed E-state index contributed by atoms with van der Waals surface area (Å²) in [5, 5.41) is 2.90. The quantitative estimate of drug-likeness (QED) is 0.896. The van der Waals surface area contributed by atoms with Crippen molar-refractivity contribution in [3.8, 4) is 0 Å². The van der Waals surface area contributed by atoms with Crippen LogP contribution < -0.4 is 5.32 Å². The fraction of sp³-hybridized carbons (Fsp3) is 0.615. The predicted octanol–water partition coefficient (Wildman–Crippen LogP) is 1.88. The van der Waals surface area contributed by atoms with Gasteiger partial charge in [0.2, 0.25) is 0 Å². The molecule has 0 atom stereocenters. The first-order chi connectivity index (χ1) is 9.02. The van der Waals surface area contributed by atoms with E-state index in [1.165, 1.54) is 6.20 Å². The van der Waals surface area contributed by atoms with E-state index in [0.717, 1.165) is 25.3 Å². The Kier molecular flexibility index (Phi) is 4.29. The summed E-state index contributed by atoms with van der Waals surface area (Å²) in [4.78, 5) is 22.6. The van der Waals surface area contributed by atoms with Gasteiger partial charge in [0.15, 0.2) is 0 Å². The van der Waals surface area contributed by atoms with Gasteiger partial charge in [0, 0.05) is 30.6 Å². The molecule has 0 spiro atoms. The minimum absolute atomic E-state index is 0.0251. The molecular formula is C13H20N4OS. The van der Waals surface area contributed by atoms with Gasteiger partial charge in [-0.05, 0) is 6.42 Å². The maximum Gasteiger partial charge on any atom is 0.274 e. The van der Waals surface area contributed by atoms with Gasteiger partial charge in [-0.25, -0.2) is 4.98 Å². The van der Waals surface area contributed by atoms with E-state index in [4.69, 9.17) is 0 Å². The van der Waals surface area contributed by atoms with E-state index in [0.29, 0.717) is 11.5 Å². The van der Waals surface area contributed by atoms with Crippen molar-refractivity contribution in [1.82, 2.24) is 14.9 Å². The van der Waals surface area contributed by atoms with Gasteiger partial charge in [-0.3, -0.25) is 9.78 Å². The molecule has 2 rings (SSSR count). The van der Waals surface area contributed by atoms with Crippen LogP contribution >= 0.6 is 11.8 Å². The largest absolute Gasteiger partial charge is 0.372 e. The minimum Gasteiger partial charge on any atom is -0.372 e. The number of amides is 1. The van der Waals surface area contributed by atoms with E-state index in [-0.39, 0.29) is 10.7 Å². The van der Waals surface area contributed by atoms with Crippen LogP contribution in [0.2, 0.25) is 0 Å². The first-order valence-electron chi connectivity index (χ1n) is 6.45. The molecule has 19 heavy (non-hydrogen) atoms. The average molecular weight is 280 g/mol. The van der Waals surface area contributed by atoms with Crippen LogP contribution in [-0.4, -0.2) is 51.4 Å². The standard InChI is InChI=1S/C13H20N4OS/c1-13(2)4-5-17(6-7-19-13)12(18)10-8-15-9-11(14-3)16-10/h8-9H,4-7H2,1-3H3,(H,14,16). The van der Waals surface area contributed by atoms with Crippen molar-refractivity contribution in [2.24, 2.45) is 0 Å². The lowest BCUT2D eigenvalue weighted by molar-refractivity contribution is 0.0758. The number of rotatable bonds is 2. The minimum atomic E-state index is -0.0251. The van der Waals surface area contributed by atoms with Crippen molar-refractivity contribution < 1.29 is 4.79 Å². The number of anilines is 1. The first-order valence-corrected chi connectivity index (χ1v) is 7.43. The van der Waals surface area contributed by atoms with Crippen molar-refractivity contribution in [2.75, 3.05) is 31.2 Å². The molecule has 1 aromatic rings. The summed E-state index contributed by atoms with van der Waals surface area (Å²) in [6, 6.07) is 0. The van der Waals surface area contributed by atoms with Gasteiger partial charge in [0.25, 0.3) is 5.91 Å². The maximum absolute atomic E-state index is 12.4. The zero-order valence-corrected chi connectivity index (χ0v) is 12.5. The van der Waals surface area contributed by atoms with Crippen molar-refractivity contribution in [2.45, 2.75) is 25.0 Å². The van der Waals surface area contributed by atoms with Crippen molar-refractivity contribution in [1.29, 1.82) is 0 Å². The second-order valence-corrected chi connectivity index (χ2v) is 6.99. The Morgan fingerprint density at radius 1 is 1.42 bits per heavy atom. The molecule has 0 unspecified atom stereocenters. The molecule has 2 heterocycles. The van der Waals surface area contributed by atoms with Crippen LogP contribution in [0.5, 0.6) is 0 Å². The first kappa shape index (κ1) is 14.1. The summed E-state index contributed by atoms with van der Waals surface area (Å²) in [6.07, 6.45) is 4.15. The van der Waals surface area contributed by atoms with E-state index in [9.17, 15) is 4.79 Å². The molecule has 0 radical (unpaired) electrons. The summed E-state index contributed by atoms with van der Waals surface area (Å²) < 4.78 is 0.244. The summed E-state index contributed by atoms with van der Waals surface area (Å²) in [7, 11) is 1.77. The Morgan fingerprint density at radius 2 is 2.21 bits per heavy atom. The van der Waals surface area contributed by atoms with Crippen molar-refractivity contribution in [3.05, 3.63) is 18.1 Å². The second-order valence-electron chi connectivity index (χ2n) is 5.19. The highest BCUT2D eigenvalue weighted by Gasteiger charge is 2.27. The zero-order chi connectivity index (χ0) is 13.9. The van der Waals surface area contributed by atoms with E-state index in [1.54, 1.807) is 13.2 Å². The van der Waals surface area contributed by atoms with Crippen LogP contribution in [0.15, 0.2) is 12.4 Å². The molecular weight excluding hydrogens is 260 g/mol. The highest BCUT2D eigenvalue weighted by Crippen LogP contribution is 2.30. The molecule has 1 aliphatic rings. The Morgan fingerprint density at radius 3 is 2.95 bits per heavy atom. The summed E-state index contributed by atoms with van der Waals surface area (Å²) in [5.41, 5.74) is 0.413. The van der Waals surface area contributed by atoms with Crippen LogP contribution in [0.25, 0.3) is 0 Å². The topological polar surface area (TPSA) is 58.1 Å². The number of hydrogen-bond acceptors (Lipinski definition) is 5. The Labute approximate surface area is 118 Å². The monoisotopic (exact) mass is 280 g/mol. The van der Waals surface area contributed by atoms with Gasteiger partial charge >= 0.3 is 0 Å². The SMILES string of the molecule is CNc1cncc(C(=O)N2CCSC(C)(C)CC2)n1. The lowest BCUT2D eigenvalue weighted by Crippen LogP contribution is -2.34. The Hall–Kier alpha value is -1.30. The molecule has 6 heteroatoms. The molecule has 1 aliphatic heterocycles. The van der Waals surface area contributed by atoms with Gasteiger partial charge in [0.05, 0.1) is 12.4 Å². The molecule has 1 amide bonds. The number of thioether (sulfide) groups is 1. The molecule has 0 aromatic carbocycles. The third kappa shape index (κ3) is 3.59. The number of aromatic nitrogens is 2. The molecule has 1 N–H and O–H groups in total. The third-order valence-corrected chi connectivity index (χ3v) is 4.61. The highest BCUT2D eigenvalue weighted by molar-refractivity contribution is 8.00. The summed E-state index contributed by atoms with van der Waals surface area (Å²) in [5.74, 6) is 1.57. The molecule has 1 fully saturated rings. The number of nitrogens with zero attached hydrogens (tertiary/aromatic N) is 3. The van der Waals surface area contributed by atoms with Gasteiger partial charge < -0.3 is 10.2 Å². The summed E-state index contributed by atoms with van der Waals surface area (Å²) >= 11 is 1.92. The van der Waals surface area contributed by atoms with Crippen LogP contribution in [0.1, 0.15) is 30.8 Å². The molecule has 5 nitrogen and oxygen atoms in total. The van der Waals surface area contributed by atoms with Crippen LogP contribution in [0.4, 0.5) is 5.82 Å². The number of nitrogens with one attached hydrogen (secondary N) is 1. The highest BCUT2D eigenvalue weighted by atomic mass is 32.2. The molecule has 1 aromatic heterocycles. The second kappa shape index (κ2) is 5.77. The molecule has 0 saturated carbocycles. The van der Waals surface area contributed by atoms with Gasteiger partial charge in [-0.1, -0.05) is 13.8 Å². The lowest BCUT2D eigenvalue weighted by atomic mass is 10.1. The van der Waals surface area contributed by atoms with Gasteiger partial charge in [0.1, 0.15) is 11.5 Å². The molecule has 0 aliphatic carbocycles. The molecule has 1 saturated heterocycles. The maximum atomic E-state index is 12.4. The fourth-order valence-electron chi connectivity index (χ4n) is 1.97. The fourth-order valence-corrected chi connectivity index (χ4v) is 3.07.